The van der Waals surface area contributed by atoms with Crippen LogP contribution < -0.4 is 11.5 Å². The molecule has 0 heterocycles. The molecule has 0 bridgehead atoms. The van der Waals surface area contributed by atoms with Crippen molar-refractivity contribution in [3.05, 3.63) is 23.8 Å². The summed E-state index contributed by atoms with van der Waals surface area (Å²) < 4.78 is 10.1. The minimum Gasteiger partial charge on any atom is -0.435 e. The number of hydrogen-bond acceptors (Lipinski definition) is 5. The first-order chi connectivity index (χ1) is 8.15. The van der Waals surface area contributed by atoms with Crippen molar-refractivity contribution in [2.24, 2.45) is 5.92 Å². The van der Waals surface area contributed by atoms with Crippen LogP contribution in [-0.2, 0) is 9.47 Å². The second-order valence-electron chi connectivity index (χ2n) is 4.25. The molecule has 92 valence electrons. The number of carbonyl (C=O) groups excluding carboxylic acids is 1. The molecule has 1 aromatic rings. The maximum absolute atomic E-state index is 11.6. The fourth-order valence-electron chi connectivity index (χ4n) is 1.47. The smallest absolute Gasteiger partial charge is 0.340 e. The number of rotatable bonds is 5. The van der Waals surface area contributed by atoms with Gasteiger partial charge in [-0.15, -0.1) is 0 Å². The van der Waals surface area contributed by atoms with E-state index in [4.69, 9.17) is 20.9 Å². The molecule has 1 saturated carbocycles. The number of hydrogen-bond donors (Lipinski definition) is 2. The maximum Gasteiger partial charge on any atom is 0.340 e. The molecule has 1 aliphatic rings. The van der Waals surface area contributed by atoms with Crippen molar-refractivity contribution in [2.75, 3.05) is 24.9 Å². The van der Waals surface area contributed by atoms with E-state index < -0.39 is 5.97 Å². The van der Waals surface area contributed by atoms with Crippen LogP contribution >= 0.6 is 0 Å². The number of carbonyl (C=O) groups is 1. The molecule has 5 heteroatoms. The Labute approximate surface area is 99.7 Å². The van der Waals surface area contributed by atoms with Gasteiger partial charge < -0.3 is 20.9 Å². The number of nitrogens with two attached hydrogens (primary N) is 2. The van der Waals surface area contributed by atoms with Gasteiger partial charge in [0.25, 0.3) is 0 Å². The van der Waals surface area contributed by atoms with Gasteiger partial charge in [-0.3, -0.25) is 0 Å². The molecule has 0 unspecified atom stereocenters. The van der Waals surface area contributed by atoms with E-state index in [9.17, 15) is 4.79 Å². The van der Waals surface area contributed by atoms with Gasteiger partial charge in [-0.2, -0.15) is 0 Å². The van der Waals surface area contributed by atoms with Crippen molar-refractivity contribution in [3.8, 4) is 0 Å². The zero-order valence-electron chi connectivity index (χ0n) is 9.52. The Balaban J connectivity index is 1.80. The Morgan fingerprint density at radius 1 is 1.24 bits per heavy atom. The van der Waals surface area contributed by atoms with Gasteiger partial charge in [0.2, 0.25) is 0 Å². The molecule has 1 fully saturated rings. The Kier molecular flexibility index (Phi) is 3.49. The molecule has 1 aliphatic carbocycles. The average molecular weight is 236 g/mol. The predicted molar refractivity (Wildman–Crippen MR) is 64.2 cm³/mol. The summed E-state index contributed by atoms with van der Waals surface area (Å²) in [5, 5.41) is 0. The molecule has 0 spiro atoms. The number of ether oxygens (including phenoxy) is 2. The van der Waals surface area contributed by atoms with Crippen LogP contribution in [0.2, 0.25) is 0 Å². The number of benzene rings is 1. The van der Waals surface area contributed by atoms with Crippen LogP contribution in [0.25, 0.3) is 0 Å². The van der Waals surface area contributed by atoms with E-state index >= 15 is 0 Å². The first-order valence-electron chi connectivity index (χ1n) is 5.56. The Morgan fingerprint density at radius 2 is 1.88 bits per heavy atom. The van der Waals surface area contributed by atoms with Crippen LogP contribution in [0, 0.1) is 5.92 Å². The fraction of sp³-hybridized carbons (Fsp3) is 0.417. The fourth-order valence-corrected chi connectivity index (χ4v) is 1.47. The third-order valence-electron chi connectivity index (χ3n) is 2.54. The molecule has 0 amide bonds. The highest BCUT2D eigenvalue weighted by atomic mass is 16.7. The van der Waals surface area contributed by atoms with Gasteiger partial charge in [0.15, 0.2) is 6.79 Å². The van der Waals surface area contributed by atoms with Gasteiger partial charge in [-0.1, -0.05) is 0 Å². The molecule has 0 aliphatic heterocycles. The monoisotopic (exact) mass is 236 g/mol. The SMILES string of the molecule is Nc1cc(N)cc(C(=O)OCOCC2CC2)c1. The normalized spacial score (nSPS) is 14.6. The largest absolute Gasteiger partial charge is 0.435 e. The minimum atomic E-state index is -0.472. The Hall–Kier alpha value is -1.75. The van der Waals surface area contributed by atoms with E-state index in [0.717, 1.165) is 0 Å². The number of anilines is 2. The Bertz CT molecular complexity index is 396. The highest BCUT2D eigenvalue weighted by molar-refractivity contribution is 5.91. The van der Waals surface area contributed by atoms with E-state index in [0.29, 0.717) is 29.5 Å². The van der Waals surface area contributed by atoms with Gasteiger partial charge in [0, 0.05) is 11.4 Å². The van der Waals surface area contributed by atoms with Crippen molar-refractivity contribution >= 4 is 17.3 Å². The van der Waals surface area contributed by atoms with Crippen molar-refractivity contribution in [1.82, 2.24) is 0 Å². The summed E-state index contributed by atoms with van der Waals surface area (Å²) in [6, 6.07) is 4.64. The third kappa shape index (κ3) is 3.64. The lowest BCUT2D eigenvalue weighted by Gasteiger charge is -2.06. The summed E-state index contributed by atoms with van der Waals surface area (Å²) in [4.78, 5) is 11.6. The second kappa shape index (κ2) is 5.05. The first kappa shape index (κ1) is 11.7. The number of nitrogen functional groups attached to an aromatic ring is 2. The van der Waals surface area contributed by atoms with Crippen molar-refractivity contribution in [2.45, 2.75) is 12.8 Å². The van der Waals surface area contributed by atoms with Crippen LogP contribution in [0.15, 0.2) is 18.2 Å². The topological polar surface area (TPSA) is 87.6 Å². The summed E-state index contributed by atoms with van der Waals surface area (Å²) >= 11 is 0. The van der Waals surface area contributed by atoms with E-state index in [-0.39, 0.29) is 6.79 Å². The molecule has 4 N–H and O–H groups in total. The van der Waals surface area contributed by atoms with Crippen LogP contribution in [0.4, 0.5) is 11.4 Å². The van der Waals surface area contributed by atoms with Crippen LogP contribution in [0.3, 0.4) is 0 Å². The lowest BCUT2D eigenvalue weighted by atomic mass is 10.2. The van der Waals surface area contributed by atoms with Gasteiger partial charge in [0.1, 0.15) is 0 Å². The molecule has 5 nitrogen and oxygen atoms in total. The minimum absolute atomic E-state index is 0.0238. The van der Waals surface area contributed by atoms with E-state index in [2.05, 4.69) is 0 Å². The lowest BCUT2D eigenvalue weighted by molar-refractivity contribution is -0.0344. The molecule has 0 atom stereocenters. The summed E-state index contributed by atoms with van der Waals surface area (Å²) in [6.07, 6.45) is 2.42. The average Bonchev–Trinajstić information content (AvgIpc) is 3.06. The van der Waals surface area contributed by atoms with E-state index in [1.165, 1.54) is 25.0 Å². The quantitative estimate of drug-likeness (QED) is 0.349. The third-order valence-corrected chi connectivity index (χ3v) is 2.54. The maximum atomic E-state index is 11.6. The van der Waals surface area contributed by atoms with Crippen molar-refractivity contribution in [3.63, 3.8) is 0 Å². The Morgan fingerprint density at radius 3 is 2.47 bits per heavy atom. The van der Waals surface area contributed by atoms with E-state index in [1.54, 1.807) is 6.07 Å². The molecular formula is C12H16N2O3. The zero-order chi connectivity index (χ0) is 12.3. The van der Waals surface area contributed by atoms with E-state index in [1.807, 2.05) is 0 Å². The summed E-state index contributed by atoms with van der Waals surface area (Å²) in [5.41, 5.74) is 12.4. The molecule has 0 radical (unpaired) electrons. The molecule has 2 rings (SSSR count). The van der Waals surface area contributed by atoms with Crippen LogP contribution in [0.5, 0.6) is 0 Å². The van der Waals surface area contributed by atoms with Crippen molar-refractivity contribution in [1.29, 1.82) is 0 Å². The van der Waals surface area contributed by atoms with Crippen molar-refractivity contribution < 1.29 is 14.3 Å². The van der Waals surface area contributed by atoms with Crippen LogP contribution in [-0.4, -0.2) is 19.4 Å². The summed E-state index contributed by atoms with van der Waals surface area (Å²) in [6.45, 7) is 0.635. The van der Waals surface area contributed by atoms with Gasteiger partial charge in [0.05, 0.1) is 12.2 Å². The highest BCUT2D eigenvalue weighted by Crippen LogP contribution is 2.28. The molecule has 0 saturated heterocycles. The zero-order valence-corrected chi connectivity index (χ0v) is 9.52. The highest BCUT2D eigenvalue weighted by Gasteiger charge is 2.21. The lowest BCUT2D eigenvalue weighted by Crippen LogP contribution is -2.10. The summed E-state index contributed by atoms with van der Waals surface area (Å²) in [5.74, 6) is 0.177. The van der Waals surface area contributed by atoms with Gasteiger partial charge in [-0.05, 0) is 37.0 Å². The number of esters is 1. The second-order valence-corrected chi connectivity index (χ2v) is 4.25. The first-order valence-corrected chi connectivity index (χ1v) is 5.56. The molecular weight excluding hydrogens is 220 g/mol. The summed E-state index contributed by atoms with van der Waals surface area (Å²) in [7, 11) is 0. The predicted octanol–water partition coefficient (Wildman–Crippen LogP) is 1.39. The standard InChI is InChI=1S/C12H16N2O3/c13-10-3-9(4-11(14)5-10)12(15)17-7-16-6-8-1-2-8/h3-5,8H,1-2,6-7,13-14H2. The molecule has 0 aromatic heterocycles. The van der Waals surface area contributed by atoms with Crippen LogP contribution in [0.1, 0.15) is 23.2 Å². The molecule has 17 heavy (non-hydrogen) atoms. The van der Waals surface area contributed by atoms with Gasteiger partial charge in [-0.25, -0.2) is 4.79 Å². The molecule has 1 aromatic carbocycles. The van der Waals surface area contributed by atoms with Gasteiger partial charge >= 0.3 is 5.97 Å².